The lowest BCUT2D eigenvalue weighted by Gasteiger charge is -2.27. The van der Waals surface area contributed by atoms with Crippen molar-refractivity contribution in [1.29, 1.82) is 0 Å². The van der Waals surface area contributed by atoms with Gasteiger partial charge in [0.2, 0.25) is 0 Å². The maximum Gasteiger partial charge on any atom is 0.256 e. The molecule has 0 aliphatic rings. The number of hydrogen-bond acceptors (Lipinski definition) is 4. The van der Waals surface area contributed by atoms with Crippen LogP contribution in [-0.4, -0.2) is 30.7 Å². The third kappa shape index (κ3) is 3.85. The van der Waals surface area contributed by atoms with Gasteiger partial charge < -0.3 is 14.8 Å². The number of carbonyl (C=O) groups is 1. The second-order valence-corrected chi connectivity index (χ2v) is 6.06. The van der Waals surface area contributed by atoms with Crippen LogP contribution < -0.4 is 10.1 Å². The molecule has 1 atom stereocenters. The lowest BCUT2D eigenvalue weighted by Crippen LogP contribution is -2.42. The highest BCUT2D eigenvalue weighted by molar-refractivity contribution is 6.05. The summed E-state index contributed by atoms with van der Waals surface area (Å²) in [5.41, 5.74) is 0.592. The van der Waals surface area contributed by atoms with Gasteiger partial charge in [-0.3, -0.25) is 9.78 Å². The Bertz CT molecular complexity index is 702. The van der Waals surface area contributed by atoms with E-state index in [9.17, 15) is 4.79 Å². The Morgan fingerprint density at radius 3 is 2.71 bits per heavy atom. The van der Waals surface area contributed by atoms with Gasteiger partial charge in [-0.1, -0.05) is 26.2 Å². The molecule has 0 radical (unpaired) electrons. The van der Waals surface area contributed by atoms with Gasteiger partial charge in [-0.15, -0.1) is 0 Å². The first kappa shape index (κ1) is 18.2. The molecule has 2 aromatic rings. The molecule has 0 unspecified atom stereocenters. The van der Waals surface area contributed by atoms with Crippen molar-refractivity contribution in [2.45, 2.75) is 45.1 Å². The van der Waals surface area contributed by atoms with Crippen molar-refractivity contribution in [3.63, 3.8) is 0 Å². The summed E-state index contributed by atoms with van der Waals surface area (Å²) in [5, 5.41) is 3.84. The number of pyridine rings is 1. The molecule has 1 amide bonds. The van der Waals surface area contributed by atoms with Gasteiger partial charge in [0, 0.05) is 18.7 Å². The minimum Gasteiger partial charge on any atom is -0.494 e. The number of benzene rings is 1. The number of carbonyl (C=O) groups excluding carboxylic acids is 1. The lowest BCUT2D eigenvalue weighted by molar-refractivity contribution is -0.136. The van der Waals surface area contributed by atoms with Crippen LogP contribution >= 0.6 is 0 Å². The number of aromatic nitrogens is 1. The van der Waals surface area contributed by atoms with Crippen LogP contribution in [0.25, 0.3) is 10.9 Å². The third-order valence-corrected chi connectivity index (χ3v) is 4.39. The van der Waals surface area contributed by atoms with Crippen LogP contribution in [0.4, 0.5) is 5.69 Å². The molecule has 5 nitrogen and oxygen atoms in total. The Kier molecular flexibility index (Phi) is 6.15. The fourth-order valence-corrected chi connectivity index (χ4v) is 2.70. The zero-order valence-corrected chi connectivity index (χ0v) is 14.9. The van der Waals surface area contributed by atoms with Crippen LogP contribution in [0.15, 0.2) is 30.5 Å². The molecule has 2 rings (SSSR count). The molecule has 130 valence electrons. The standard InChI is InChI=1S/C19H26N2O3/c1-5-6-7-12-19(2,24-4)18(22)21-15-10-11-16(23-3)17-14(15)9-8-13-20-17/h8-11,13H,5-7,12H2,1-4H3,(H,21,22)/t19-/m1/s1. The summed E-state index contributed by atoms with van der Waals surface area (Å²) >= 11 is 0. The maximum absolute atomic E-state index is 12.8. The highest BCUT2D eigenvalue weighted by Crippen LogP contribution is 2.31. The summed E-state index contributed by atoms with van der Waals surface area (Å²) in [6.45, 7) is 3.97. The van der Waals surface area contributed by atoms with Gasteiger partial charge in [-0.25, -0.2) is 0 Å². The molecular formula is C19H26N2O3. The van der Waals surface area contributed by atoms with Crippen molar-refractivity contribution in [3.8, 4) is 5.75 Å². The van der Waals surface area contributed by atoms with E-state index in [4.69, 9.17) is 9.47 Å². The Morgan fingerprint density at radius 2 is 2.04 bits per heavy atom. The summed E-state index contributed by atoms with van der Waals surface area (Å²) in [4.78, 5) is 17.1. The summed E-state index contributed by atoms with van der Waals surface area (Å²) in [6.07, 6.45) is 5.55. The highest BCUT2D eigenvalue weighted by atomic mass is 16.5. The number of nitrogens with one attached hydrogen (secondary N) is 1. The molecule has 0 saturated heterocycles. The maximum atomic E-state index is 12.8. The van der Waals surface area contributed by atoms with Crippen molar-refractivity contribution >= 4 is 22.5 Å². The van der Waals surface area contributed by atoms with Crippen molar-refractivity contribution < 1.29 is 14.3 Å². The van der Waals surface area contributed by atoms with Crippen molar-refractivity contribution in [1.82, 2.24) is 4.98 Å². The average Bonchev–Trinajstić information content (AvgIpc) is 2.62. The fraction of sp³-hybridized carbons (Fsp3) is 0.474. The van der Waals surface area contributed by atoms with E-state index in [1.165, 1.54) is 0 Å². The van der Waals surface area contributed by atoms with Gasteiger partial charge in [0.25, 0.3) is 5.91 Å². The van der Waals surface area contributed by atoms with Crippen molar-refractivity contribution in [2.75, 3.05) is 19.5 Å². The van der Waals surface area contributed by atoms with E-state index in [1.807, 2.05) is 31.2 Å². The van der Waals surface area contributed by atoms with Crippen LogP contribution in [-0.2, 0) is 9.53 Å². The molecular weight excluding hydrogens is 304 g/mol. The average molecular weight is 330 g/mol. The highest BCUT2D eigenvalue weighted by Gasteiger charge is 2.32. The van der Waals surface area contributed by atoms with E-state index in [0.29, 0.717) is 17.9 Å². The molecule has 0 spiro atoms. The molecule has 24 heavy (non-hydrogen) atoms. The van der Waals surface area contributed by atoms with E-state index < -0.39 is 5.60 Å². The van der Waals surface area contributed by atoms with Crippen LogP contribution in [0.3, 0.4) is 0 Å². The molecule has 5 heteroatoms. The SMILES string of the molecule is CCCCC[C@@](C)(OC)C(=O)Nc1ccc(OC)c2ncccc12. The number of hydrogen-bond donors (Lipinski definition) is 1. The smallest absolute Gasteiger partial charge is 0.256 e. The van der Waals surface area contributed by atoms with Crippen molar-refractivity contribution in [2.24, 2.45) is 0 Å². The number of ether oxygens (including phenoxy) is 2. The lowest BCUT2D eigenvalue weighted by atomic mass is 9.96. The quantitative estimate of drug-likeness (QED) is 0.738. The number of rotatable bonds is 8. The van der Waals surface area contributed by atoms with Gasteiger partial charge >= 0.3 is 0 Å². The first-order chi connectivity index (χ1) is 11.6. The number of amides is 1. The van der Waals surface area contributed by atoms with Gasteiger partial charge in [0.1, 0.15) is 16.9 Å². The van der Waals surface area contributed by atoms with E-state index in [2.05, 4.69) is 17.2 Å². The fourth-order valence-electron chi connectivity index (χ4n) is 2.70. The summed E-state index contributed by atoms with van der Waals surface area (Å²) in [7, 11) is 3.19. The Balaban J connectivity index is 2.26. The minimum atomic E-state index is -0.844. The van der Waals surface area contributed by atoms with Gasteiger partial charge in [-0.05, 0) is 37.6 Å². The second-order valence-electron chi connectivity index (χ2n) is 6.06. The van der Waals surface area contributed by atoms with Gasteiger partial charge in [0.15, 0.2) is 0 Å². The normalized spacial score (nSPS) is 13.5. The number of methoxy groups -OCH3 is 2. The van der Waals surface area contributed by atoms with Crippen molar-refractivity contribution in [3.05, 3.63) is 30.5 Å². The molecule has 0 aliphatic carbocycles. The van der Waals surface area contributed by atoms with Crippen LogP contribution in [0.1, 0.15) is 39.5 Å². The van der Waals surface area contributed by atoms with E-state index in [0.717, 1.165) is 30.2 Å². The van der Waals surface area contributed by atoms with E-state index >= 15 is 0 Å². The molecule has 1 aromatic carbocycles. The minimum absolute atomic E-state index is 0.142. The molecule has 1 N–H and O–H groups in total. The van der Waals surface area contributed by atoms with Gasteiger partial charge in [0.05, 0.1) is 12.8 Å². The van der Waals surface area contributed by atoms with Crippen LogP contribution in [0.5, 0.6) is 5.75 Å². The largest absolute Gasteiger partial charge is 0.494 e. The first-order valence-electron chi connectivity index (χ1n) is 8.34. The summed E-state index contributed by atoms with van der Waals surface area (Å²) in [6, 6.07) is 7.41. The zero-order chi connectivity index (χ0) is 17.6. The number of anilines is 1. The Labute approximate surface area is 143 Å². The summed E-state index contributed by atoms with van der Waals surface area (Å²) < 4.78 is 10.9. The summed E-state index contributed by atoms with van der Waals surface area (Å²) in [5.74, 6) is 0.539. The third-order valence-electron chi connectivity index (χ3n) is 4.39. The van der Waals surface area contributed by atoms with Crippen LogP contribution in [0, 0.1) is 0 Å². The molecule has 1 aromatic heterocycles. The first-order valence-corrected chi connectivity index (χ1v) is 8.34. The Hall–Kier alpha value is -2.14. The number of fused-ring (bicyclic) bond motifs is 1. The molecule has 0 aliphatic heterocycles. The molecule has 0 saturated carbocycles. The topological polar surface area (TPSA) is 60.5 Å². The van der Waals surface area contributed by atoms with Crippen LogP contribution in [0.2, 0.25) is 0 Å². The molecule has 0 fully saturated rings. The van der Waals surface area contributed by atoms with Gasteiger partial charge in [-0.2, -0.15) is 0 Å². The monoisotopic (exact) mass is 330 g/mol. The van der Waals surface area contributed by atoms with E-state index in [1.54, 1.807) is 20.4 Å². The Morgan fingerprint density at radius 1 is 1.25 bits per heavy atom. The van der Waals surface area contributed by atoms with E-state index in [-0.39, 0.29) is 5.91 Å². The number of nitrogens with zero attached hydrogens (tertiary/aromatic N) is 1. The molecule has 1 heterocycles. The zero-order valence-electron chi connectivity index (χ0n) is 14.9. The number of unbranched alkanes of at least 4 members (excludes halogenated alkanes) is 2. The molecule has 0 bridgehead atoms. The second kappa shape index (κ2) is 8.11. The predicted octanol–water partition coefficient (Wildman–Crippen LogP) is 4.17. The predicted molar refractivity (Wildman–Crippen MR) is 96.5 cm³/mol.